The molecule has 1 aromatic heterocycles. The first kappa shape index (κ1) is 14.7. The van der Waals surface area contributed by atoms with Crippen molar-refractivity contribution in [2.24, 2.45) is 5.73 Å². The molecule has 100 valence electrons. The molecule has 0 atom stereocenters. The summed E-state index contributed by atoms with van der Waals surface area (Å²) < 4.78 is 5.67. The van der Waals surface area contributed by atoms with Crippen LogP contribution in [0.1, 0.15) is 45.4 Å². The fourth-order valence-electron chi connectivity index (χ4n) is 1.46. The third-order valence-corrected chi connectivity index (χ3v) is 2.64. The Hall–Kier alpha value is -1.35. The van der Waals surface area contributed by atoms with Crippen LogP contribution in [0.4, 0.5) is 0 Å². The maximum atomic E-state index is 5.71. The molecule has 0 saturated heterocycles. The highest BCUT2D eigenvalue weighted by Gasteiger charge is 2.17. The lowest BCUT2D eigenvalue weighted by molar-refractivity contribution is 0.306. The van der Waals surface area contributed by atoms with Gasteiger partial charge >= 0.3 is 0 Å². The molecule has 0 spiro atoms. The van der Waals surface area contributed by atoms with Crippen molar-refractivity contribution in [2.45, 2.75) is 46.1 Å². The van der Waals surface area contributed by atoms with Crippen molar-refractivity contribution in [3.8, 4) is 5.88 Å². The SMILES string of the molecule is C=C(C)CCOc1cc(CN)cc(C(C)(C)C)n1. The number of aromatic nitrogens is 1. The Morgan fingerprint density at radius 2 is 2.06 bits per heavy atom. The number of nitrogens with two attached hydrogens (primary N) is 1. The molecule has 0 bridgehead atoms. The molecular weight excluding hydrogens is 224 g/mol. The summed E-state index contributed by atoms with van der Waals surface area (Å²) in [5.41, 5.74) is 8.89. The predicted molar refractivity (Wildman–Crippen MR) is 75.8 cm³/mol. The van der Waals surface area contributed by atoms with Gasteiger partial charge in [0.1, 0.15) is 0 Å². The number of ether oxygens (including phenoxy) is 1. The van der Waals surface area contributed by atoms with Crippen molar-refractivity contribution in [2.75, 3.05) is 6.61 Å². The van der Waals surface area contributed by atoms with Crippen LogP contribution in [0, 0.1) is 0 Å². The number of hydrogen-bond acceptors (Lipinski definition) is 3. The van der Waals surface area contributed by atoms with Gasteiger partial charge in [-0.1, -0.05) is 26.3 Å². The van der Waals surface area contributed by atoms with E-state index in [0.29, 0.717) is 19.0 Å². The molecule has 0 fully saturated rings. The molecule has 0 unspecified atom stereocenters. The zero-order valence-electron chi connectivity index (χ0n) is 11.9. The maximum absolute atomic E-state index is 5.71. The lowest BCUT2D eigenvalue weighted by atomic mass is 9.91. The van der Waals surface area contributed by atoms with E-state index in [-0.39, 0.29) is 5.41 Å². The van der Waals surface area contributed by atoms with Crippen LogP contribution in [-0.4, -0.2) is 11.6 Å². The Balaban J connectivity index is 2.87. The summed E-state index contributed by atoms with van der Waals surface area (Å²) in [6.45, 7) is 13.4. The maximum Gasteiger partial charge on any atom is 0.213 e. The summed E-state index contributed by atoms with van der Waals surface area (Å²) in [7, 11) is 0. The standard InChI is InChI=1S/C15H24N2O/c1-11(2)6-7-18-14-9-12(10-16)8-13(17-14)15(3,4)5/h8-9H,1,6-7,10,16H2,2-5H3. The van der Waals surface area contributed by atoms with Crippen molar-refractivity contribution < 1.29 is 4.74 Å². The van der Waals surface area contributed by atoms with Gasteiger partial charge in [0, 0.05) is 24.4 Å². The Labute approximate surface area is 110 Å². The molecule has 3 nitrogen and oxygen atoms in total. The van der Waals surface area contributed by atoms with Crippen LogP contribution in [0.15, 0.2) is 24.3 Å². The Bertz CT molecular complexity index is 419. The van der Waals surface area contributed by atoms with Gasteiger partial charge in [0.2, 0.25) is 5.88 Å². The van der Waals surface area contributed by atoms with Gasteiger partial charge in [-0.2, -0.15) is 0 Å². The van der Waals surface area contributed by atoms with E-state index in [0.717, 1.165) is 23.3 Å². The van der Waals surface area contributed by atoms with Crippen molar-refractivity contribution in [1.82, 2.24) is 4.98 Å². The van der Waals surface area contributed by atoms with E-state index in [1.165, 1.54) is 0 Å². The zero-order valence-corrected chi connectivity index (χ0v) is 11.9. The van der Waals surface area contributed by atoms with Gasteiger partial charge in [0.25, 0.3) is 0 Å². The van der Waals surface area contributed by atoms with Crippen molar-refractivity contribution in [3.63, 3.8) is 0 Å². The number of hydrogen-bond donors (Lipinski definition) is 1. The summed E-state index contributed by atoms with van der Waals surface area (Å²) in [5.74, 6) is 0.657. The topological polar surface area (TPSA) is 48.1 Å². The molecule has 1 aromatic rings. The minimum atomic E-state index is -0.00234. The Kier molecular flexibility index (Phi) is 4.91. The second kappa shape index (κ2) is 6.01. The first-order chi connectivity index (χ1) is 8.32. The van der Waals surface area contributed by atoms with Crippen LogP contribution in [0.2, 0.25) is 0 Å². The quantitative estimate of drug-likeness (QED) is 0.814. The van der Waals surface area contributed by atoms with E-state index >= 15 is 0 Å². The lowest BCUT2D eigenvalue weighted by Gasteiger charge is -2.19. The summed E-state index contributed by atoms with van der Waals surface area (Å²) in [4.78, 5) is 4.54. The average Bonchev–Trinajstić information content (AvgIpc) is 2.27. The van der Waals surface area contributed by atoms with E-state index in [9.17, 15) is 0 Å². The van der Waals surface area contributed by atoms with Gasteiger partial charge in [-0.25, -0.2) is 4.98 Å². The summed E-state index contributed by atoms with van der Waals surface area (Å²) in [6, 6.07) is 3.96. The van der Waals surface area contributed by atoms with Crippen molar-refractivity contribution in [1.29, 1.82) is 0 Å². The molecule has 1 heterocycles. The lowest BCUT2D eigenvalue weighted by Crippen LogP contribution is -2.15. The van der Waals surface area contributed by atoms with Gasteiger partial charge < -0.3 is 10.5 Å². The second-order valence-corrected chi connectivity index (χ2v) is 5.71. The molecule has 0 aromatic carbocycles. The third-order valence-electron chi connectivity index (χ3n) is 2.64. The monoisotopic (exact) mass is 248 g/mol. The van der Waals surface area contributed by atoms with Crippen LogP contribution in [0.3, 0.4) is 0 Å². The smallest absolute Gasteiger partial charge is 0.213 e. The van der Waals surface area contributed by atoms with E-state index in [4.69, 9.17) is 10.5 Å². The van der Waals surface area contributed by atoms with E-state index < -0.39 is 0 Å². The summed E-state index contributed by atoms with van der Waals surface area (Å²) >= 11 is 0. The van der Waals surface area contributed by atoms with Gasteiger partial charge in [0.05, 0.1) is 12.3 Å². The van der Waals surface area contributed by atoms with Gasteiger partial charge in [-0.15, -0.1) is 6.58 Å². The molecular formula is C15H24N2O. The fraction of sp³-hybridized carbons (Fsp3) is 0.533. The number of rotatable bonds is 5. The van der Waals surface area contributed by atoms with Gasteiger partial charge in [0.15, 0.2) is 0 Å². The Morgan fingerprint density at radius 1 is 1.39 bits per heavy atom. The highest BCUT2D eigenvalue weighted by molar-refractivity contribution is 5.28. The second-order valence-electron chi connectivity index (χ2n) is 5.71. The van der Waals surface area contributed by atoms with Crippen molar-refractivity contribution >= 4 is 0 Å². The van der Waals surface area contributed by atoms with Crippen LogP contribution < -0.4 is 10.5 Å². The van der Waals surface area contributed by atoms with Crippen LogP contribution in [0.5, 0.6) is 5.88 Å². The largest absolute Gasteiger partial charge is 0.477 e. The molecule has 0 aliphatic heterocycles. The van der Waals surface area contributed by atoms with E-state index in [2.05, 4.69) is 32.3 Å². The molecule has 1 rings (SSSR count). The summed E-state index contributed by atoms with van der Waals surface area (Å²) in [6.07, 6.45) is 0.847. The highest BCUT2D eigenvalue weighted by Crippen LogP contribution is 2.24. The first-order valence-corrected chi connectivity index (χ1v) is 6.31. The molecule has 0 aliphatic rings. The van der Waals surface area contributed by atoms with Crippen molar-refractivity contribution in [3.05, 3.63) is 35.5 Å². The first-order valence-electron chi connectivity index (χ1n) is 6.31. The molecule has 0 saturated carbocycles. The van der Waals surface area contributed by atoms with Gasteiger partial charge in [-0.05, 0) is 18.6 Å². The molecule has 0 amide bonds. The number of nitrogens with zero attached hydrogens (tertiary/aromatic N) is 1. The normalized spacial score (nSPS) is 11.4. The fourth-order valence-corrected chi connectivity index (χ4v) is 1.46. The molecule has 18 heavy (non-hydrogen) atoms. The van der Waals surface area contributed by atoms with Crippen LogP contribution >= 0.6 is 0 Å². The summed E-state index contributed by atoms with van der Waals surface area (Å²) in [5, 5.41) is 0. The minimum absolute atomic E-state index is 0.00234. The molecule has 3 heteroatoms. The molecule has 0 radical (unpaired) electrons. The van der Waals surface area contributed by atoms with E-state index in [1.54, 1.807) is 0 Å². The predicted octanol–water partition coefficient (Wildman–Crippen LogP) is 3.18. The van der Waals surface area contributed by atoms with Crippen LogP contribution in [0.25, 0.3) is 0 Å². The number of pyridine rings is 1. The zero-order chi connectivity index (χ0) is 13.8. The van der Waals surface area contributed by atoms with Gasteiger partial charge in [-0.3, -0.25) is 0 Å². The van der Waals surface area contributed by atoms with E-state index in [1.807, 2.05) is 19.1 Å². The minimum Gasteiger partial charge on any atom is -0.477 e. The average molecular weight is 248 g/mol. The molecule has 2 N–H and O–H groups in total. The van der Waals surface area contributed by atoms with Crippen LogP contribution in [-0.2, 0) is 12.0 Å². The highest BCUT2D eigenvalue weighted by atomic mass is 16.5. The third kappa shape index (κ3) is 4.49. The molecule has 0 aliphatic carbocycles. The Morgan fingerprint density at radius 3 is 2.56 bits per heavy atom.